The zero-order chi connectivity index (χ0) is 18.8. The number of nitrogens with zero attached hydrogens (tertiary/aromatic N) is 2. The van der Waals surface area contributed by atoms with Crippen LogP contribution in [0.2, 0.25) is 0 Å². The smallest absolute Gasteiger partial charge is 0.328 e. The lowest BCUT2D eigenvalue weighted by atomic mass is 10.0. The molecular weight excluding hydrogens is 340 g/mol. The third-order valence-electron chi connectivity index (χ3n) is 4.63. The molecule has 138 valence electrons. The molecule has 8 heteroatoms. The normalized spacial score (nSPS) is 19.7. The average Bonchev–Trinajstić information content (AvgIpc) is 2.89. The number of carboxylic acids is 1. The second kappa shape index (κ2) is 7.25. The van der Waals surface area contributed by atoms with Gasteiger partial charge in [-0.1, -0.05) is 13.3 Å². The van der Waals surface area contributed by atoms with Gasteiger partial charge in [0.15, 0.2) is 6.04 Å². The quantitative estimate of drug-likeness (QED) is 0.786. The number of carbonyl (C=O) groups is 4. The number of hydrogen-bond donors (Lipinski definition) is 1. The first-order chi connectivity index (χ1) is 12.5. The first kappa shape index (κ1) is 18.1. The van der Waals surface area contributed by atoms with Gasteiger partial charge in [0.25, 0.3) is 17.7 Å². The molecule has 1 fully saturated rings. The van der Waals surface area contributed by atoms with E-state index < -0.39 is 23.8 Å². The Morgan fingerprint density at radius 1 is 1.23 bits per heavy atom. The number of rotatable bonds is 5. The number of imide groups is 1. The molecule has 1 atom stereocenters. The summed E-state index contributed by atoms with van der Waals surface area (Å²) in [5.74, 6) is -2.40. The lowest BCUT2D eigenvalue weighted by molar-refractivity contribution is -0.147. The Kier molecular flexibility index (Phi) is 5.03. The second-order valence-corrected chi connectivity index (χ2v) is 6.30. The van der Waals surface area contributed by atoms with Gasteiger partial charge in [-0.15, -0.1) is 0 Å². The van der Waals surface area contributed by atoms with Crippen molar-refractivity contribution in [2.75, 3.05) is 26.3 Å². The molecule has 26 heavy (non-hydrogen) atoms. The number of fused-ring (bicyclic) bond motifs is 1. The minimum Gasteiger partial charge on any atom is -0.480 e. The lowest BCUT2D eigenvalue weighted by Crippen LogP contribution is -2.52. The first-order valence-corrected chi connectivity index (χ1v) is 8.57. The Bertz CT molecular complexity index is 775. The molecule has 2 aliphatic rings. The summed E-state index contributed by atoms with van der Waals surface area (Å²) in [6.45, 7) is 2.64. The first-order valence-electron chi connectivity index (χ1n) is 8.57. The largest absolute Gasteiger partial charge is 0.480 e. The maximum Gasteiger partial charge on any atom is 0.328 e. The van der Waals surface area contributed by atoms with Crippen molar-refractivity contribution in [2.24, 2.45) is 0 Å². The van der Waals surface area contributed by atoms with Crippen LogP contribution in [0.25, 0.3) is 0 Å². The van der Waals surface area contributed by atoms with Crippen molar-refractivity contribution in [3.8, 4) is 0 Å². The summed E-state index contributed by atoms with van der Waals surface area (Å²) in [5.41, 5.74) is 0.659. The zero-order valence-corrected chi connectivity index (χ0v) is 14.4. The zero-order valence-electron chi connectivity index (χ0n) is 14.4. The van der Waals surface area contributed by atoms with Crippen LogP contribution in [-0.2, 0) is 9.53 Å². The SMILES string of the molecule is CCCCN1C(=O)c2ccc(C(=O)N3CCOCC3C(=O)O)cc2C1=O. The van der Waals surface area contributed by atoms with Crippen molar-refractivity contribution in [2.45, 2.75) is 25.8 Å². The van der Waals surface area contributed by atoms with Gasteiger partial charge in [-0.3, -0.25) is 19.3 Å². The van der Waals surface area contributed by atoms with E-state index in [0.717, 1.165) is 6.42 Å². The number of unbranched alkanes of at least 4 members (excludes halogenated alkanes) is 1. The topological polar surface area (TPSA) is 104 Å². The number of amides is 3. The van der Waals surface area contributed by atoms with Crippen LogP contribution < -0.4 is 0 Å². The third kappa shape index (κ3) is 3.08. The molecule has 0 spiro atoms. The van der Waals surface area contributed by atoms with Gasteiger partial charge < -0.3 is 14.7 Å². The van der Waals surface area contributed by atoms with Gasteiger partial charge in [-0.2, -0.15) is 0 Å². The van der Waals surface area contributed by atoms with Crippen LogP contribution in [0.15, 0.2) is 18.2 Å². The van der Waals surface area contributed by atoms with E-state index in [4.69, 9.17) is 4.74 Å². The number of ether oxygens (including phenoxy) is 1. The fraction of sp³-hybridized carbons (Fsp3) is 0.444. The second-order valence-electron chi connectivity index (χ2n) is 6.30. The molecule has 1 aromatic rings. The summed E-state index contributed by atoms with van der Waals surface area (Å²) in [6.07, 6.45) is 1.57. The van der Waals surface area contributed by atoms with Crippen LogP contribution in [0.4, 0.5) is 0 Å². The Morgan fingerprint density at radius 3 is 2.65 bits per heavy atom. The Balaban J connectivity index is 1.87. The fourth-order valence-corrected chi connectivity index (χ4v) is 3.16. The lowest BCUT2D eigenvalue weighted by Gasteiger charge is -2.32. The van der Waals surface area contributed by atoms with Crippen LogP contribution in [-0.4, -0.2) is 70.9 Å². The third-order valence-corrected chi connectivity index (χ3v) is 4.63. The van der Waals surface area contributed by atoms with Crippen LogP contribution in [0.1, 0.15) is 50.8 Å². The summed E-state index contributed by atoms with van der Waals surface area (Å²) < 4.78 is 5.14. The Labute approximate surface area is 150 Å². The van der Waals surface area contributed by atoms with E-state index in [9.17, 15) is 24.3 Å². The molecule has 2 heterocycles. The molecule has 1 unspecified atom stereocenters. The standard InChI is InChI=1S/C18H20N2O6/c1-2-3-6-20-16(22)12-5-4-11(9-13(12)17(20)23)15(21)19-7-8-26-10-14(19)18(24)25/h4-5,9,14H,2-3,6-8,10H2,1H3,(H,24,25). The summed E-state index contributed by atoms with van der Waals surface area (Å²) in [4.78, 5) is 51.4. The number of carboxylic acid groups (broad SMARTS) is 1. The molecule has 0 aliphatic carbocycles. The average molecular weight is 360 g/mol. The van der Waals surface area contributed by atoms with Crippen LogP contribution in [0.5, 0.6) is 0 Å². The molecular formula is C18H20N2O6. The van der Waals surface area contributed by atoms with Gasteiger partial charge in [-0.05, 0) is 24.6 Å². The van der Waals surface area contributed by atoms with Crippen molar-refractivity contribution in [3.63, 3.8) is 0 Å². The predicted octanol–water partition coefficient (Wildman–Crippen LogP) is 1.01. The number of carbonyl (C=O) groups excluding carboxylic acids is 3. The summed E-state index contributed by atoms with van der Waals surface area (Å²) in [5, 5.41) is 9.27. The van der Waals surface area contributed by atoms with E-state index >= 15 is 0 Å². The van der Waals surface area contributed by atoms with Crippen molar-refractivity contribution < 1.29 is 29.0 Å². The van der Waals surface area contributed by atoms with Crippen molar-refractivity contribution in [1.82, 2.24) is 9.80 Å². The predicted molar refractivity (Wildman–Crippen MR) is 90.0 cm³/mol. The molecule has 0 radical (unpaired) electrons. The van der Waals surface area contributed by atoms with Gasteiger partial charge in [0.05, 0.1) is 24.3 Å². The number of benzene rings is 1. The molecule has 0 bridgehead atoms. The molecule has 0 saturated carbocycles. The van der Waals surface area contributed by atoms with Gasteiger partial charge in [0.1, 0.15) is 0 Å². The highest BCUT2D eigenvalue weighted by Gasteiger charge is 2.37. The summed E-state index contributed by atoms with van der Waals surface area (Å²) >= 11 is 0. The Hall–Kier alpha value is -2.74. The highest BCUT2D eigenvalue weighted by Crippen LogP contribution is 2.25. The molecule has 8 nitrogen and oxygen atoms in total. The van der Waals surface area contributed by atoms with E-state index in [-0.39, 0.29) is 42.4 Å². The number of hydrogen-bond acceptors (Lipinski definition) is 5. The molecule has 1 saturated heterocycles. The summed E-state index contributed by atoms with van der Waals surface area (Å²) in [7, 11) is 0. The molecule has 1 aromatic carbocycles. The van der Waals surface area contributed by atoms with Gasteiger partial charge >= 0.3 is 5.97 Å². The van der Waals surface area contributed by atoms with E-state index in [1.807, 2.05) is 6.92 Å². The number of aliphatic carboxylic acids is 1. The highest BCUT2D eigenvalue weighted by molar-refractivity contribution is 6.22. The van der Waals surface area contributed by atoms with Crippen LogP contribution >= 0.6 is 0 Å². The van der Waals surface area contributed by atoms with Gasteiger partial charge in [-0.25, -0.2) is 4.79 Å². The fourth-order valence-electron chi connectivity index (χ4n) is 3.16. The maximum atomic E-state index is 12.8. The molecule has 3 rings (SSSR count). The number of morpholine rings is 1. The van der Waals surface area contributed by atoms with E-state index in [1.165, 1.54) is 28.0 Å². The van der Waals surface area contributed by atoms with Crippen molar-refractivity contribution >= 4 is 23.7 Å². The molecule has 0 aromatic heterocycles. The van der Waals surface area contributed by atoms with E-state index in [0.29, 0.717) is 13.0 Å². The maximum absolute atomic E-state index is 12.8. The summed E-state index contributed by atoms with van der Waals surface area (Å²) in [6, 6.07) is 3.25. The molecule has 2 aliphatic heterocycles. The minimum absolute atomic E-state index is 0.0752. The van der Waals surface area contributed by atoms with Crippen LogP contribution in [0.3, 0.4) is 0 Å². The van der Waals surface area contributed by atoms with Crippen molar-refractivity contribution in [3.05, 3.63) is 34.9 Å². The Morgan fingerprint density at radius 2 is 1.96 bits per heavy atom. The molecule has 3 amide bonds. The minimum atomic E-state index is -1.14. The molecule has 1 N–H and O–H groups in total. The van der Waals surface area contributed by atoms with Gasteiger partial charge in [0.2, 0.25) is 0 Å². The van der Waals surface area contributed by atoms with E-state index in [2.05, 4.69) is 0 Å². The highest BCUT2D eigenvalue weighted by atomic mass is 16.5. The van der Waals surface area contributed by atoms with Gasteiger partial charge in [0, 0.05) is 18.7 Å². The van der Waals surface area contributed by atoms with E-state index in [1.54, 1.807) is 0 Å². The van der Waals surface area contributed by atoms with Crippen molar-refractivity contribution in [1.29, 1.82) is 0 Å². The monoisotopic (exact) mass is 360 g/mol. The van der Waals surface area contributed by atoms with Crippen LogP contribution in [0, 0.1) is 0 Å².